The molecule has 3 aromatic rings. The van der Waals surface area contributed by atoms with Crippen molar-refractivity contribution in [3.8, 4) is 5.75 Å². The minimum atomic E-state index is -4.24. The van der Waals surface area contributed by atoms with Gasteiger partial charge >= 0.3 is 0 Å². The van der Waals surface area contributed by atoms with E-state index in [-0.39, 0.29) is 36.1 Å². The fourth-order valence-corrected chi connectivity index (χ4v) is 5.88. The third kappa shape index (κ3) is 8.31. The van der Waals surface area contributed by atoms with E-state index in [1.807, 2.05) is 27.7 Å². The number of rotatable bonds is 12. The Morgan fingerprint density at radius 2 is 1.57 bits per heavy atom. The number of carbonyl (C=O) groups is 2. The highest BCUT2D eigenvalue weighted by Crippen LogP contribution is 2.33. The standard InChI is InChI=1S/C32H40FN3O5S/c1-7-27(31(38)34-32(4,5)6)35(21-24-15-17-25(33)18-16-24)30(37)22-36(28-11-9-10-12-29(28)41-8-2)42(39,40)26-19-13-23(3)14-20-26/h9-20,27H,7-8,21-22H2,1-6H3,(H,34,38)/t27-/m0/s1. The molecule has 0 unspecified atom stereocenters. The van der Waals surface area contributed by atoms with Gasteiger partial charge in [0, 0.05) is 12.1 Å². The van der Waals surface area contributed by atoms with Gasteiger partial charge in [0.05, 0.1) is 17.2 Å². The normalized spacial score (nSPS) is 12.4. The van der Waals surface area contributed by atoms with E-state index in [4.69, 9.17) is 4.74 Å². The molecule has 0 bridgehead atoms. The molecule has 10 heteroatoms. The Morgan fingerprint density at radius 1 is 0.952 bits per heavy atom. The van der Waals surface area contributed by atoms with Crippen LogP contribution in [0, 0.1) is 12.7 Å². The number of hydrogen-bond donors (Lipinski definition) is 1. The first kappa shape index (κ1) is 32.6. The summed E-state index contributed by atoms with van der Waals surface area (Å²) in [5, 5.41) is 2.93. The number of sulfonamides is 1. The first-order valence-electron chi connectivity index (χ1n) is 13.9. The molecule has 0 heterocycles. The van der Waals surface area contributed by atoms with Gasteiger partial charge in [-0.25, -0.2) is 12.8 Å². The van der Waals surface area contributed by atoms with Crippen LogP contribution >= 0.6 is 0 Å². The second-order valence-electron chi connectivity index (χ2n) is 11.0. The zero-order chi connectivity index (χ0) is 31.1. The van der Waals surface area contributed by atoms with Gasteiger partial charge in [0.2, 0.25) is 11.8 Å². The molecule has 0 saturated heterocycles. The van der Waals surface area contributed by atoms with Gasteiger partial charge in [0.25, 0.3) is 10.0 Å². The Kier molecular flexibility index (Phi) is 10.7. The molecule has 1 N–H and O–H groups in total. The molecule has 0 saturated carbocycles. The number of hydrogen-bond acceptors (Lipinski definition) is 5. The second-order valence-corrected chi connectivity index (χ2v) is 12.9. The van der Waals surface area contributed by atoms with Crippen LogP contribution in [0.1, 0.15) is 52.2 Å². The molecular formula is C32H40FN3O5S. The summed E-state index contributed by atoms with van der Waals surface area (Å²) >= 11 is 0. The number of para-hydroxylation sites is 2. The highest BCUT2D eigenvalue weighted by Gasteiger charge is 2.35. The fraction of sp³-hybridized carbons (Fsp3) is 0.375. The zero-order valence-electron chi connectivity index (χ0n) is 25.1. The third-order valence-electron chi connectivity index (χ3n) is 6.47. The van der Waals surface area contributed by atoms with E-state index in [2.05, 4.69) is 5.32 Å². The smallest absolute Gasteiger partial charge is 0.264 e. The quantitative estimate of drug-likeness (QED) is 0.300. The van der Waals surface area contributed by atoms with Crippen LogP contribution in [0.15, 0.2) is 77.7 Å². The van der Waals surface area contributed by atoms with Crippen LogP contribution in [0.4, 0.5) is 10.1 Å². The van der Waals surface area contributed by atoms with Crippen molar-refractivity contribution in [1.29, 1.82) is 0 Å². The molecule has 8 nitrogen and oxygen atoms in total. The summed E-state index contributed by atoms with van der Waals surface area (Å²) in [6.07, 6.45) is 0.273. The summed E-state index contributed by atoms with van der Waals surface area (Å²) in [6, 6.07) is 17.7. The SMILES string of the molecule is CCOc1ccccc1N(CC(=O)N(Cc1ccc(F)cc1)[C@@H](CC)C(=O)NC(C)(C)C)S(=O)(=O)c1ccc(C)cc1. The van der Waals surface area contributed by atoms with Crippen LogP contribution in [0.2, 0.25) is 0 Å². The number of aryl methyl sites for hydroxylation is 1. The van der Waals surface area contributed by atoms with E-state index in [1.54, 1.807) is 50.2 Å². The summed E-state index contributed by atoms with van der Waals surface area (Å²) in [5.41, 5.74) is 1.11. The van der Waals surface area contributed by atoms with E-state index in [9.17, 15) is 22.4 Å². The van der Waals surface area contributed by atoms with Gasteiger partial charge in [-0.3, -0.25) is 13.9 Å². The average Bonchev–Trinajstić information content (AvgIpc) is 2.92. The number of anilines is 1. The topological polar surface area (TPSA) is 96.0 Å². The molecular weight excluding hydrogens is 557 g/mol. The molecule has 42 heavy (non-hydrogen) atoms. The van der Waals surface area contributed by atoms with Crippen LogP contribution < -0.4 is 14.4 Å². The molecule has 0 spiro atoms. The molecule has 0 fully saturated rings. The van der Waals surface area contributed by atoms with Crippen LogP contribution in [-0.4, -0.2) is 49.9 Å². The number of benzene rings is 3. The van der Waals surface area contributed by atoms with Crippen molar-refractivity contribution in [2.45, 2.75) is 71.0 Å². The van der Waals surface area contributed by atoms with Crippen LogP contribution in [-0.2, 0) is 26.2 Å². The number of halogens is 1. The first-order chi connectivity index (χ1) is 19.8. The molecule has 2 amide bonds. The lowest BCUT2D eigenvalue weighted by Crippen LogP contribution is -2.55. The summed E-state index contributed by atoms with van der Waals surface area (Å²) in [5.74, 6) is -1.11. The molecule has 0 radical (unpaired) electrons. The average molecular weight is 598 g/mol. The number of nitrogens with zero attached hydrogens (tertiary/aromatic N) is 2. The Bertz CT molecular complexity index is 1470. The van der Waals surface area contributed by atoms with E-state index in [0.717, 1.165) is 9.87 Å². The molecule has 0 aliphatic rings. The number of ether oxygens (including phenoxy) is 1. The molecule has 0 aromatic heterocycles. The van der Waals surface area contributed by atoms with Crippen molar-refractivity contribution in [2.75, 3.05) is 17.5 Å². The maximum Gasteiger partial charge on any atom is 0.264 e. The minimum absolute atomic E-state index is 0.00908. The first-order valence-corrected chi connectivity index (χ1v) is 15.4. The monoisotopic (exact) mass is 597 g/mol. The zero-order valence-corrected chi connectivity index (χ0v) is 25.9. The summed E-state index contributed by atoms with van der Waals surface area (Å²) < 4.78 is 48.6. The fourth-order valence-electron chi connectivity index (χ4n) is 4.45. The van der Waals surface area contributed by atoms with Crippen molar-refractivity contribution in [2.24, 2.45) is 0 Å². The Balaban J connectivity index is 2.12. The predicted molar refractivity (Wildman–Crippen MR) is 162 cm³/mol. The van der Waals surface area contributed by atoms with Crippen molar-refractivity contribution < 1.29 is 27.1 Å². The van der Waals surface area contributed by atoms with E-state index in [0.29, 0.717) is 11.3 Å². The highest BCUT2D eigenvalue weighted by atomic mass is 32.2. The lowest BCUT2D eigenvalue weighted by Gasteiger charge is -2.35. The van der Waals surface area contributed by atoms with E-state index in [1.165, 1.54) is 41.3 Å². The molecule has 3 aromatic carbocycles. The van der Waals surface area contributed by atoms with Gasteiger partial charge in [-0.2, -0.15) is 0 Å². The van der Waals surface area contributed by atoms with Gasteiger partial charge in [-0.05, 0) is 83.0 Å². The maximum atomic E-state index is 14.2. The van der Waals surface area contributed by atoms with Gasteiger partial charge < -0.3 is 15.0 Å². The lowest BCUT2D eigenvalue weighted by molar-refractivity contribution is -0.141. The summed E-state index contributed by atoms with van der Waals surface area (Å²) in [4.78, 5) is 29.0. The molecule has 1 atom stereocenters. The Morgan fingerprint density at radius 3 is 2.14 bits per heavy atom. The Labute approximate surface area is 248 Å². The van der Waals surface area contributed by atoms with Gasteiger partial charge in [0.15, 0.2) is 0 Å². The summed E-state index contributed by atoms with van der Waals surface area (Å²) in [7, 11) is -4.24. The lowest BCUT2D eigenvalue weighted by atomic mass is 10.1. The van der Waals surface area contributed by atoms with Crippen molar-refractivity contribution in [3.63, 3.8) is 0 Å². The Hall–Kier alpha value is -3.92. The largest absolute Gasteiger partial charge is 0.492 e. The molecule has 3 rings (SSSR count). The van der Waals surface area contributed by atoms with Crippen molar-refractivity contribution in [3.05, 3.63) is 89.7 Å². The van der Waals surface area contributed by atoms with Crippen LogP contribution in [0.3, 0.4) is 0 Å². The predicted octanol–water partition coefficient (Wildman–Crippen LogP) is 5.45. The maximum absolute atomic E-state index is 14.2. The molecule has 0 aliphatic heterocycles. The number of carbonyl (C=O) groups excluding carboxylic acids is 2. The van der Waals surface area contributed by atoms with Crippen LogP contribution in [0.5, 0.6) is 5.75 Å². The molecule has 226 valence electrons. The van der Waals surface area contributed by atoms with Gasteiger partial charge in [-0.15, -0.1) is 0 Å². The van der Waals surface area contributed by atoms with Crippen molar-refractivity contribution >= 4 is 27.5 Å². The second kappa shape index (κ2) is 13.8. The summed E-state index contributed by atoms with van der Waals surface area (Å²) in [6.45, 7) is 10.6. The van der Waals surface area contributed by atoms with Gasteiger partial charge in [-0.1, -0.05) is 48.9 Å². The molecule has 0 aliphatic carbocycles. The van der Waals surface area contributed by atoms with Crippen molar-refractivity contribution in [1.82, 2.24) is 10.2 Å². The van der Waals surface area contributed by atoms with Gasteiger partial charge in [0.1, 0.15) is 24.2 Å². The number of amides is 2. The number of nitrogens with one attached hydrogen (secondary N) is 1. The van der Waals surface area contributed by atoms with E-state index >= 15 is 0 Å². The van der Waals surface area contributed by atoms with E-state index < -0.39 is 39.9 Å². The van der Waals surface area contributed by atoms with Crippen LogP contribution in [0.25, 0.3) is 0 Å². The third-order valence-corrected chi connectivity index (χ3v) is 8.25. The minimum Gasteiger partial charge on any atom is -0.492 e. The highest BCUT2D eigenvalue weighted by molar-refractivity contribution is 7.92.